The summed E-state index contributed by atoms with van der Waals surface area (Å²) < 4.78 is 31.2. The largest absolute Gasteiger partial charge is 0.484 e. The lowest BCUT2D eigenvalue weighted by molar-refractivity contribution is -0.125. The quantitative estimate of drug-likeness (QED) is 0.852. The van der Waals surface area contributed by atoms with Crippen LogP contribution in [0.5, 0.6) is 5.75 Å². The topological polar surface area (TPSA) is 67.4 Å². The SMILES string of the molecule is Cc1ccccc1OCC(=O)NCC(=O)Nc1ccc(F)c(F)c1. The first-order valence-corrected chi connectivity index (χ1v) is 7.16. The number of carbonyl (C=O) groups excluding carboxylic acids is 2. The number of benzene rings is 2. The van der Waals surface area contributed by atoms with E-state index in [-0.39, 0.29) is 18.8 Å². The molecule has 0 spiro atoms. The van der Waals surface area contributed by atoms with E-state index in [4.69, 9.17) is 4.74 Å². The normalized spacial score (nSPS) is 10.1. The van der Waals surface area contributed by atoms with E-state index in [0.717, 1.165) is 17.7 Å². The Labute approximate surface area is 137 Å². The Morgan fingerprint density at radius 1 is 1.04 bits per heavy atom. The fourth-order valence-electron chi connectivity index (χ4n) is 1.87. The summed E-state index contributed by atoms with van der Waals surface area (Å²) in [6, 6.07) is 10.2. The van der Waals surface area contributed by atoms with Crippen LogP contribution in [0.2, 0.25) is 0 Å². The van der Waals surface area contributed by atoms with Crippen LogP contribution in [0.15, 0.2) is 42.5 Å². The zero-order valence-electron chi connectivity index (χ0n) is 12.9. The van der Waals surface area contributed by atoms with Crippen molar-refractivity contribution in [2.24, 2.45) is 0 Å². The summed E-state index contributed by atoms with van der Waals surface area (Å²) in [7, 11) is 0. The van der Waals surface area contributed by atoms with Gasteiger partial charge in [0, 0.05) is 11.8 Å². The molecule has 126 valence electrons. The molecule has 0 heterocycles. The van der Waals surface area contributed by atoms with Crippen molar-refractivity contribution in [3.63, 3.8) is 0 Å². The van der Waals surface area contributed by atoms with Gasteiger partial charge in [0.2, 0.25) is 5.91 Å². The number of ether oxygens (including phenoxy) is 1. The van der Waals surface area contributed by atoms with Crippen molar-refractivity contribution in [3.8, 4) is 5.75 Å². The number of hydrogen-bond donors (Lipinski definition) is 2. The molecule has 24 heavy (non-hydrogen) atoms. The van der Waals surface area contributed by atoms with E-state index in [0.29, 0.717) is 5.75 Å². The molecular formula is C17H16F2N2O3. The molecule has 0 aliphatic rings. The Morgan fingerprint density at radius 2 is 1.79 bits per heavy atom. The first-order chi connectivity index (χ1) is 11.5. The number of aryl methyl sites for hydroxylation is 1. The minimum atomic E-state index is -1.07. The van der Waals surface area contributed by atoms with Gasteiger partial charge in [0.25, 0.3) is 5.91 Å². The molecule has 0 unspecified atom stereocenters. The first-order valence-electron chi connectivity index (χ1n) is 7.16. The molecule has 2 aromatic rings. The highest BCUT2D eigenvalue weighted by Crippen LogP contribution is 2.15. The summed E-state index contributed by atoms with van der Waals surface area (Å²) in [6.45, 7) is 1.31. The van der Waals surface area contributed by atoms with Crippen LogP contribution in [0, 0.1) is 18.6 Å². The molecule has 5 nitrogen and oxygen atoms in total. The smallest absolute Gasteiger partial charge is 0.258 e. The maximum Gasteiger partial charge on any atom is 0.258 e. The highest BCUT2D eigenvalue weighted by Gasteiger charge is 2.09. The van der Waals surface area contributed by atoms with Crippen molar-refractivity contribution < 1.29 is 23.1 Å². The zero-order valence-corrected chi connectivity index (χ0v) is 12.9. The summed E-state index contributed by atoms with van der Waals surface area (Å²) in [4.78, 5) is 23.3. The third-order valence-corrected chi connectivity index (χ3v) is 3.10. The summed E-state index contributed by atoms with van der Waals surface area (Å²) in [5.41, 5.74) is 0.991. The highest BCUT2D eigenvalue weighted by atomic mass is 19.2. The molecule has 0 bridgehead atoms. The number of amides is 2. The monoisotopic (exact) mass is 334 g/mol. The van der Waals surface area contributed by atoms with Crippen LogP contribution in [0.25, 0.3) is 0 Å². The first kappa shape index (κ1) is 17.4. The molecule has 0 saturated heterocycles. The molecule has 2 amide bonds. The Morgan fingerprint density at radius 3 is 2.50 bits per heavy atom. The second-order valence-corrected chi connectivity index (χ2v) is 5.01. The van der Waals surface area contributed by atoms with Crippen LogP contribution >= 0.6 is 0 Å². The minimum Gasteiger partial charge on any atom is -0.484 e. The van der Waals surface area contributed by atoms with Gasteiger partial charge in [0.15, 0.2) is 18.2 Å². The average molecular weight is 334 g/mol. The van der Waals surface area contributed by atoms with E-state index < -0.39 is 23.4 Å². The predicted octanol–water partition coefficient (Wildman–Crippen LogP) is 2.41. The zero-order chi connectivity index (χ0) is 17.5. The van der Waals surface area contributed by atoms with Gasteiger partial charge in [-0.05, 0) is 30.7 Å². The van der Waals surface area contributed by atoms with Crippen LogP contribution in [0.4, 0.5) is 14.5 Å². The van der Waals surface area contributed by atoms with Gasteiger partial charge in [0.1, 0.15) is 5.75 Å². The number of carbonyl (C=O) groups is 2. The van der Waals surface area contributed by atoms with Crippen LogP contribution < -0.4 is 15.4 Å². The molecule has 0 radical (unpaired) electrons. The number of anilines is 1. The number of nitrogens with one attached hydrogen (secondary N) is 2. The van der Waals surface area contributed by atoms with E-state index in [2.05, 4.69) is 10.6 Å². The molecule has 7 heteroatoms. The van der Waals surface area contributed by atoms with Gasteiger partial charge in [-0.1, -0.05) is 18.2 Å². The molecule has 0 saturated carbocycles. The average Bonchev–Trinajstić information content (AvgIpc) is 2.55. The van der Waals surface area contributed by atoms with Crippen molar-refractivity contribution in [2.75, 3.05) is 18.5 Å². The molecule has 2 N–H and O–H groups in total. The molecule has 0 fully saturated rings. The van der Waals surface area contributed by atoms with Gasteiger partial charge < -0.3 is 15.4 Å². The van der Waals surface area contributed by atoms with Gasteiger partial charge in [-0.15, -0.1) is 0 Å². The van der Waals surface area contributed by atoms with Crippen molar-refractivity contribution in [3.05, 3.63) is 59.7 Å². The van der Waals surface area contributed by atoms with Gasteiger partial charge >= 0.3 is 0 Å². The van der Waals surface area contributed by atoms with E-state index in [1.165, 1.54) is 6.07 Å². The van der Waals surface area contributed by atoms with Gasteiger partial charge in [-0.25, -0.2) is 8.78 Å². The molecule has 2 aromatic carbocycles. The number of hydrogen-bond acceptors (Lipinski definition) is 3. The third-order valence-electron chi connectivity index (χ3n) is 3.10. The van der Waals surface area contributed by atoms with Gasteiger partial charge in [-0.2, -0.15) is 0 Å². The van der Waals surface area contributed by atoms with Crippen molar-refractivity contribution in [1.82, 2.24) is 5.32 Å². The molecule has 0 atom stereocenters. The van der Waals surface area contributed by atoms with E-state index in [9.17, 15) is 18.4 Å². The van der Waals surface area contributed by atoms with Crippen LogP contribution in [-0.2, 0) is 9.59 Å². The summed E-state index contributed by atoms with van der Waals surface area (Å²) >= 11 is 0. The summed E-state index contributed by atoms with van der Waals surface area (Å²) in [5, 5.41) is 4.72. The minimum absolute atomic E-state index is 0.101. The Kier molecular flexibility index (Phi) is 5.83. The van der Waals surface area contributed by atoms with Crippen LogP contribution in [-0.4, -0.2) is 25.0 Å². The molecule has 0 aliphatic heterocycles. The molecular weight excluding hydrogens is 318 g/mol. The van der Waals surface area contributed by atoms with Gasteiger partial charge in [-0.3, -0.25) is 9.59 Å². The van der Waals surface area contributed by atoms with Gasteiger partial charge in [0.05, 0.1) is 6.54 Å². The number of halogens is 2. The maximum absolute atomic E-state index is 13.0. The Balaban J connectivity index is 1.76. The van der Waals surface area contributed by atoms with E-state index >= 15 is 0 Å². The van der Waals surface area contributed by atoms with Crippen molar-refractivity contribution in [2.45, 2.75) is 6.92 Å². The highest BCUT2D eigenvalue weighted by molar-refractivity contribution is 5.94. The van der Waals surface area contributed by atoms with Crippen LogP contribution in [0.3, 0.4) is 0 Å². The lowest BCUT2D eigenvalue weighted by Crippen LogP contribution is -2.35. The second kappa shape index (κ2) is 8.05. The number of rotatable bonds is 6. The fourth-order valence-corrected chi connectivity index (χ4v) is 1.87. The van der Waals surface area contributed by atoms with Crippen molar-refractivity contribution >= 4 is 17.5 Å². The number of para-hydroxylation sites is 1. The second-order valence-electron chi connectivity index (χ2n) is 5.01. The lowest BCUT2D eigenvalue weighted by atomic mass is 10.2. The van der Waals surface area contributed by atoms with E-state index in [1.54, 1.807) is 12.1 Å². The lowest BCUT2D eigenvalue weighted by Gasteiger charge is -2.10. The third kappa shape index (κ3) is 5.05. The fraction of sp³-hybridized carbons (Fsp3) is 0.176. The predicted molar refractivity (Wildman–Crippen MR) is 84.7 cm³/mol. The van der Waals surface area contributed by atoms with E-state index in [1.807, 2.05) is 19.1 Å². The van der Waals surface area contributed by atoms with Crippen LogP contribution in [0.1, 0.15) is 5.56 Å². The molecule has 2 rings (SSSR count). The molecule has 0 aromatic heterocycles. The molecule has 0 aliphatic carbocycles. The Hall–Kier alpha value is -2.96. The standard InChI is InChI=1S/C17H16F2N2O3/c1-11-4-2-3-5-15(11)24-10-17(23)20-9-16(22)21-12-6-7-13(18)14(19)8-12/h2-8H,9-10H2,1H3,(H,20,23)(H,21,22). The Bertz CT molecular complexity index is 750. The van der Waals surface area contributed by atoms with Crippen molar-refractivity contribution in [1.29, 1.82) is 0 Å². The maximum atomic E-state index is 13.0. The summed E-state index contributed by atoms with van der Waals surface area (Å²) in [5.74, 6) is -2.53. The summed E-state index contributed by atoms with van der Waals surface area (Å²) in [6.07, 6.45) is 0.